The smallest absolute Gasteiger partial charge is 0.137 e. The van der Waals surface area contributed by atoms with Gasteiger partial charge in [-0.25, -0.2) is 4.98 Å². The number of pyridine rings is 2. The second-order valence-corrected chi connectivity index (χ2v) is 5.28. The van der Waals surface area contributed by atoms with Crippen molar-refractivity contribution >= 4 is 17.2 Å². The van der Waals surface area contributed by atoms with Gasteiger partial charge in [0.2, 0.25) is 0 Å². The Balaban J connectivity index is 2.32. The quantitative estimate of drug-likeness (QED) is 0.660. The van der Waals surface area contributed by atoms with E-state index in [0.717, 1.165) is 22.6 Å². The third-order valence-corrected chi connectivity index (χ3v) is 3.36. The van der Waals surface area contributed by atoms with Gasteiger partial charge in [-0.05, 0) is 43.7 Å². The van der Waals surface area contributed by atoms with E-state index in [2.05, 4.69) is 28.4 Å². The van der Waals surface area contributed by atoms with Gasteiger partial charge in [0.25, 0.3) is 0 Å². The third-order valence-electron chi connectivity index (χ3n) is 3.15. The van der Waals surface area contributed by atoms with Gasteiger partial charge < -0.3 is 4.40 Å². The zero-order valence-corrected chi connectivity index (χ0v) is 11.6. The van der Waals surface area contributed by atoms with Crippen molar-refractivity contribution in [3.05, 3.63) is 54.1 Å². The first kappa shape index (κ1) is 12.2. The Morgan fingerprint density at radius 1 is 1.21 bits per heavy atom. The Morgan fingerprint density at radius 3 is 2.63 bits per heavy atom. The van der Waals surface area contributed by atoms with Crippen LogP contribution in [0, 0.1) is 6.92 Å². The van der Waals surface area contributed by atoms with Crippen molar-refractivity contribution in [2.75, 3.05) is 0 Å². The predicted octanol–water partition coefficient (Wildman–Crippen LogP) is 4.00. The summed E-state index contributed by atoms with van der Waals surface area (Å²) in [7, 11) is 0. The van der Waals surface area contributed by atoms with E-state index in [-0.39, 0.29) is 5.38 Å². The highest BCUT2D eigenvalue weighted by molar-refractivity contribution is 6.20. The van der Waals surface area contributed by atoms with Crippen LogP contribution in [0.5, 0.6) is 0 Å². The lowest BCUT2D eigenvalue weighted by molar-refractivity contribution is 0.963. The maximum atomic E-state index is 6.34. The molecule has 0 amide bonds. The zero-order chi connectivity index (χ0) is 13.4. The Morgan fingerprint density at radius 2 is 1.95 bits per heavy atom. The molecule has 3 nitrogen and oxygen atoms in total. The van der Waals surface area contributed by atoms with E-state index >= 15 is 0 Å². The highest BCUT2D eigenvalue weighted by Crippen LogP contribution is 2.31. The maximum absolute atomic E-state index is 6.34. The minimum Gasteiger partial charge on any atom is -0.302 e. The van der Waals surface area contributed by atoms with Crippen LogP contribution in [-0.2, 0) is 0 Å². The third kappa shape index (κ3) is 2.10. The van der Waals surface area contributed by atoms with Crippen molar-refractivity contribution in [1.29, 1.82) is 0 Å². The highest BCUT2D eigenvalue weighted by Gasteiger charge is 2.17. The number of nitrogens with zero attached hydrogens (tertiary/aromatic N) is 3. The SMILES string of the molecule is Cc1ccn2c(C(C)Cl)c(-c3ccncc3)nc2c1. The summed E-state index contributed by atoms with van der Waals surface area (Å²) in [5, 5.41) is -0.110. The van der Waals surface area contributed by atoms with Crippen molar-refractivity contribution in [1.82, 2.24) is 14.4 Å². The molecule has 96 valence electrons. The Labute approximate surface area is 116 Å². The van der Waals surface area contributed by atoms with Crippen LogP contribution >= 0.6 is 11.6 Å². The molecule has 0 aromatic carbocycles. The predicted molar refractivity (Wildman–Crippen MR) is 77.4 cm³/mol. The highest BCUT2D eigenvalue weighted by atomic mass is 35.5. The number of aromatic nitrogens is 3. The number of hydrogen-bond acceptors (Lipinski definition) is 2. The van der Waals surface area contributed by atoms with Crippen molar-refractivity contribution < 1.29 is 0 Å². The Kier molecular flexibility index (Phi) is 2.99. The molecule has 0 aliphatic heterocycles. The van der Waals surface area contributed by atoms with Gasteiger partial charge in [-0.1, -0.05) is 0 Å². The average molecular weight is 272 g/mol. The summed E-state index contributed by atoms with van der Waals surface area (Å²) in [5.74, 6) is 0. The molecule has 0 N–H and O–H groups in total. The van der Waals surface area contributed by atoms with Gasteiger partial charge in [-0.3, -0.25) is 4.98 Å². The molecule has 1 atom stereocenters. The van der Waals surface area contributed by atoms with E-state index in [0.29, 0.717) is 0 Å². The maximum Gasteiger partial charge on any atom is 0.137 e. The molecule has 0 spiro atoms. The van der Waals surface area contributed by atoms with Crippen molar-refractivity contribution in [2.45, 2.75) is 19.2 Å². The van der Waals surface area contributed by atoms with Crippen LogP contribution in [0.3, 0.4) is 0 Å². The molecule has 0 aliphatic carbocycles. The summed E-state index contributed by atoms with van der Waals surface area (Å²) in [6, 6.07) is 8.04. The number of alkyl halides is 1. The summed E-state index contributed by atoms with van der Waals surface area (Å²) in [5.41, 5.74) is 5.10. The Hall–Kier alpha value is -1.87. The van der Waals surface area contributed by atoms with E-state index in [4.69, 9.17) is 16.6 Å². The van der Waals surface area contributed by atoms with Gasteiger partial charge in [-0.2, -0.15) is 0 Å². The first-order valence-electron chi connectivity index (χ1n) is 6.20. The van der Waals surface area contributed by atoms with E-state index in [1.165, 1.54) is 5.56 Å². The number of fused-ring (bicyclic) bond motifs is 1. The lowest BCUT2D eigenvalue weighted by Gasteiger charge is -2.07. The lowest BCUT2D eigenvalue weighted by atomic mass is 10.1. The summed E-state index contributed by atoms with van der Waals surface area (Å²) < 4.78 is 2.06. The van der Waals surface area contributed by atoms with E-state index in [9.17, 15) is 0 Å². The molecule has 3 rings (SSSR count). The van der Waals surface area contributed by atoms with Crippen molar-refractivity contribution in [3.8, 4) is 11.3 Å². The van der Waals surface area contributed by atoms with E-state index < -0.39 is 0 Å². The largest absolute Gasteiger partial charge is 0.302 e. The van der Waals surface area contributed by atoms with Crippen LogP contribution in [0.1, 0.15) is 23.6 Å². The normalized spacial score (nSPS) is 12.8. The van der Waals surface area contributed by atoms with Crippen LogP contribution in [0.4, 0.5) is 0 Å². The molecule has 3 aromatic heterocycles. The minimum atomic E-state index is -0.110. The molecule has 0 saturated carbocycles. The van der Waals surface area contributed by atoms with Gasteiger partial charge >= 0.3 is 0 Å². The minimum absolute atomic E-state index is 0.110. The van der Waals surface area contributed by atoms with Gasteiger partial charge in [0.1, 0.15) is 5.65 Å². The lowest BCUT2D eigenvalue weighted by Crippen LogP contribution is -1.95. The monoisotopic (exact) mass is 271 g/mol. The molecule has 0 saturated heterocycles. The van der Waals surface area contributed by atoms with Gasteiger partial charge in [-0.15, -0.1) is 11.6 Å². The average Bonchev–Trinajstić information content (AvgIpc) is 2.78. The number of rotatable bonds is 2. The topological polar surface area (TPSA) is 30.2 Å². The fourth-order valence-corrected chi connectivity index (χ4v) is 2.48. The number of aryl methyl sites for hydroxylation is 1. The molecule has 1 unspecified atom stereocenters. The molecule has 19 heavy (non-hydrogen) atoms. The Bertz CT molecular complexity index is 717. The van der Waals surface area contributed by atoms with Gasteiger partial charge in [0.05, 0.1) is 16.8 Å². The molecule has 0 bridgehead atoms. The fourth-order valence-electron chi connectivity index (χ4n) is 2.27. The zero-order valence-electron chi connectivity index (χ0n) is 10.8. The molecular formula is C15H14ClN3. The summed E-state index contributed by atoms with van der Waals surface area (Å²) >= 11 is 6.34. The molecule has 0 aliphatic rings. The van der Waals surface area contributed by atoms with E-state index in [1.807, 2.05) is 25.3 Å². The van der Waals surface area contributed by atoms with Crippen molar-refractivity contribution in [3.63, 3.8) is 0 Å². The summed E-state index contributed by atoms with van der Waals surface area (Å²) in [4.78, 5) is 8.76. The molecule has 3 heterocycles. The molecule has 0 fully saturated rings. The summed E-state index contributed by atoms with van der Waals surface area (Å²) in [6.45, 7) is 4.03. The number of imidazole rings is 1. The number of hydrogen-bond donors (Lipinski definition) is 0. The van der Waals surface area contributed by atoms with Crippen LogP contribution in [0.15, 0.2) is 42.9 Å². The van der Waals surface area contributed by atoms with Crippen LogP contribution in [0.2, 0.25) is 0 Å². The van der Waals surface area contributed by atoms with E-state index in [1.54, 1.807) is 12.4 Å². The standard InChI is InChI=1S/C15H14ClN3/c1-10-5-8-19-13(9-10)18-14(15(19)11(2)16)12-3-6-17-7-4-12/h3-9,11H,1-2H3. The second kappa shape index (κ2) is 4.67. The van der Waals surface area contributed by atoms with Crippen LogP contribution in [-0.4, -0.2) is 14.4 Å². The first-order chi connectivity index (χ1) is 9.16. The fraction of sp³-hybridized carbons (Fsp3) is 0.200. The van der Waals surface area contributed by atoms with Crippen LogP contribution in [0.25, 0.3) is 16.9 Å². The second-order valence-electron chi connectivity index (χ2n) is 4.63. The first-order valence-corrected chi connectivity index (χ1v) is 6.63. The van der Waals surface area contributed by atoms with Gasteiger partial charge in [0.15, 0.2) is 0 Å². The van der Waals surface area contributed by atoms with Crippen LogP contribution < -0.4 is 0 Å². The molecule has 4 heteroatoms. The van der Waals surface area contributed by atoms with Gasteiger partial charge in [0, 0.05) is 24.2 Å². The summed E-state index contributed by atoms with van der Waals surface area (Å²) in [6.07, 6.45) is 5.57. The molecular weight excluding hydrogens is 258 g/mol. The molecule has 3 aromatic rings. The van der Waals surface area contributed by atoms with Crippen molar-refractivity contribution in [2.24, 2.45) is 0 Å². The molecule has 0 radical (unpaired) electrons. The number of halogens is 1.